The number of carbonyl (C=O) groups is 2. The Bertz CT molecular complexity index is 1110. The Labute approximate surface area is 195 Å². The van der Waals surface area contributed by atoms with Crippen LogP contribution in [0.4, 0.5) is 17.6 Å². The number of ether oxygens (including phenoxy) is 2. The van der Waals surface area contributed by atoms with E-state index in [1.165, 1.54) is 29.5 Å². The zero-order valence-electron chi connectivity index (χ0n) is 17.5. The first-order chi connectivity index (χ1) is 16.2. The maximum absolute atomic E-state index is 13.6. The van der Waals surface area contributed by atoms with E-state index in [9.17, 15) is 27.2 Å². The quantitative estimate of drug-likeness (QED) is 0.238. The van der Waals surface area contributed by atoms with E-state index >= 15 is 0 Å². The summed E-state index contributed by atoms with van der Waals surface area (Å²) in [6, 6.07) is 10.9. The van der Waals surface area contributed by atoms with Gasteiger partial charge in [0.1, 0.15) is 28.0 Å². The van der Waals surface area contributed by atoms with Crippen LogP contribution >= 0.6 is 11.3 Å². The summed E-state index contributed by atoms with van der Waals surface area (Å²) in [4.78, 5) is 27.7. The molecule has 2 N–H and O–H groups in total. The molecule has 0 saturated heterocycles. The first kappa shape index (κ1) is 25.1. The maximum Gasteiger partial charge on any atom is 0.573 e. The van der Waals surface area contributed by atoms with Gasteiger partial charge < -0.3 is 14.8 Å². The fourth-order valence-corrected chi connectivity index (χ4v) is 3.50. The minimum absolute atomic E-state index is 0.103. The van der Waals surface area contributed by atoms with Gasteiger partial charge in [-0.05, 0) is 42.3 Å². The molecule has 34 heavy (non-hydrogen) atoms. The predicted molar refractivity (Wildman–Crippen MR) is 115 cm³/mol. The molecule has 1 atom stereocenters. The highest BCUT2D eigenvalue weighted by Gasteiger charge is 2.31. The molecule has 1 unspecified atom stereocenters. The Morgan fingerprint density at radius 3 is 2.50 bits per heavy atom. The fourth-order valence-electron chi connectivity index (χ4n) is 2.77. The topological polar surface area (TPSA) is 89.6 Å². The molecular weight excluding hydrogens is 478 g/mol. The van der Waals surface area contributed by atoms with Crippen molar-refractivity contribution in [2.24, 2.45) is 0 Å². The lowest BCUT2D eigenvalue weighted by molar-refractivity contribution is -0.274. The minimum atomic E-state index is -4.81. The number of alkyl halides is 3. The summed E-state index contributed by atoms with van der Waals surface area (Å²) in [6.07, 6.45) is -5.10. The van der Waals surface area contributed by atoms with E-state index in [1.54, 1.807) is 23.6 Å². The van der Waals surface area contributed by atoms with Gasteiger partial charge in [0.05, 0.1) is 6.54 Å². The van der Waals surface area contributed by atoms with E-state index in [4.69, 9.17) is 4.74 Å². The second-order valence-electron chi connectivity index (χ2n) is 6.80. The van der Waals surface area contributed by atoms with E-state index in [2.05, 4.69) is 20.4 Å². The summed E-state index contributed by atoms with van der Waals surface area (Å²) in [7, 11) is 0. The van der Waals surface area contributed by atoms with Gasteiger partial charge in [-0.2, -0.15) is 0 Å². The van der Waals surface area contributed by atoms with Gasteiger partial charge in [0, 0.05) is 11.9 Å². The highest BCUT2D eigenvalue weighted by Crippen LogP contribution is 2.25. The molecular formula is C22H19F4N3O4S. The number of thiazole rings is 1. The number of hydrogen-bond acceptors (Lipinski definition) is 7. The zero-order valence-corrected chi connectivity index (χ0v) is 18.3. The number of nitrogens with one attached hydrogen (secondary N) is 2. The normalized spacial score (nSPS) is 12.1. The zero-order chi connectivity index (χ0) is 24.6. The van der Waals surface area contributed by atoms with Crippen molar-refractivity contribution in [2.45, 2.75) is 25.6 Å². The van der Waals surface area contributed by atoms with Crippen molar-refractivity contribution >= 4 is 23.5 Å². The summed E-state index contributed by atoms with van der Waals surface area (Å²) in [5.41, 5.74) is 0.674. The number of hydrogen-bond donors (Lipinski definition) is 2. The lowest BCUT2D eigenvalue weighted by Crippen LogP contribution is -2.35. The van der Waals surface area contributed by atoms with Crippen molar-refractivity contribution in [3.63, 3.8) is 0 Å². The molecule has 1 heterocycles. The van der Waals surface area contributed by atoms with E-state index < -0.39 is 24.2 Å². The molecule has 0 aliphatic rings. The smallest absolute Gasteiger partial charge is 0.468 e. The maximum atomic E-state index is 13.6. The third kappa shape index (κ3) is 7.81. The molecule has 2 aromatic carbocycles. The van der Waals surface area contributed by atoms with Crippen LogP contribution in [-0.2, 0) is 17.8 Å². The van der Waals surface area contributed by atoms with Crippen molar-refractivity contribution in [3.8, 4) is 11.5 Å². The van der Waals surface area contributed by atoms with E-state index in [0.717, 1.165) is 12.1 Å². The van der Waals surface area contributed by atoms with Crippen LogP contribution in [-0.4, -0.2) is 36.3 Å². The first-order valence-corrected chi connectivity index (χ1v) is 10.8. The van der Waals surface area contributed by atoms with Crippen LogP contribution in [0.25, 0.3) is 0 Å². The fraction of sp³-hybridized carbons (Fsp3) is 0.227. The SMILES string of the molecule is O=CC(NCc1nc(C(=O)NCCc2ccccc2F)cs1)Oc1ccc(OC(F)(F)F)cc1. The molecule has 12 heteroatoms. The Kier molecular flexibility index (Phi) is 8.55. The van der Waals surface area contributed by atoms with Gasteiger partial charge in [-0.15, -0.1) is 24.5 Å². The summed E-state index contributed by atoms with van der Waals surface area (Å²) in [5.74, 6) is -1.02. The summed E-state index contributed by atoms with van der Waals surface area (Å²) in [6.45, 7) is 0.338. The molecule has 0 fully saturated rings. The Morgan fingerprint density at radius 2 is 1.82 bits per heavy atom. The van der Waals surface area contributed by atoms with Crippen LogP contribution in [0.2, 0.25) is 0 Å². The molecule has 3 aromatic rings. The predicted octanol–water partition coefficient (Wildman–Crippen LogP) is 3.85. The third-order valence-corrected chi connectivity index (χ3v) is 5.17. The Balaban J connectivity index is 1.45. The van der Waals surface area contributed by atoms with Gasteiger partial charge in [-0.3, -0.25) is 14.9 Å². The van der Waals surface area contributed by atoms with Crippen molar-refractivity contribution in [1.29, 1.82) is 0 Å². The van der Waals surface area contributed by atoms with Crippen LogP contribution < -0.4 is 20.1 Å². The van der Waals surface area contributed by atoms with Crippen LogP contribution in [0.15, 0.2) is 53.9 Å². The molecule has 0 radical (unpaired) electrons. The largest absolute Gasteiger partial charge is 0.573 e. The van der Waals surface area contributed by atoms with E-state index in [0.29, 0.717) is 23.3 Å². The molecule has 180 valence electrons. The summed E-state index contributed by atoms with van der Waals surface area (Å²) < 4.78 is 59.4. The number of rotatable bonds is 11. The lowest BCUT2D eigenvalue weighted by atomic mass is 10.1. The Hall–Kier alpha value is -3.51. The molecule has 1 amide bonds. The van der Waals surface area contributed by atoms with E-state index in [-0.39, 0.29) is 30.4 Å². The third-order valence-electron chi connectivity index (χ3n) is 4.32. The van der Waals surface area contributed by atoms with Gasteiger partial charge in [-0.1, -0.05) is 18.2 Å². The van der Waals surface area contributed by atoms with Crippen molar-refractivity contribution in [2.75, 3.05) is 6.54 Å². The molecule has 0 aliphatic heterocycles. The van der Waals surface area contributed by atoms with E-state index in [1.807, 2.05) is 0 Å². The van der Waals surface area contributed by atoms with Gasteiger partial charge >= 0.3 is 6.36 Å². The first-order valence-electron chi connectivity index (χ1n) is 9.90. The summed E-state index contributed by atoms with van der Waals surface area (Å²) >= 11 is 1.19. The molecule has 0 aliphatic carbocycles. The standard InChI is InChI=1S/C22H19F4N3O4S/c23-17-4-2-1-3-14(17)9-10-27-21(31)18-13-34-20(29-18)11-28-19(12-30)32-15-5-7-16(8-6-15)33-22(24,25)26/h1-8,12-13,19,28H,9-11H2,(H,27,31). The highest BCUT2D eigenvalue weighted by molar-refractivity contribution is 7.09. The summed E-state index contributed by atoms with van der Waals surface area (Å²) in [5, 5.41) is 7.51. The van der Waals surface area contributed by atoms with Gasteiger partial charge in [0.25, 0.3) is 5.91 Å². The molecule has 0 spiro atoms. The number of amides is 1. The van der Waals surface area contributed by atoms with Gasteiger partial charge in [0.15, 0.2) is 6.29 Å². The second kappa shape index (κ2) is 11.6. The number of benzene rings is 2. The number of aldehydes is 1. The average Bonchev–Trinajstić information content (AvgIpc) is 3.27. The molecule has 0 bridgehead atoms. The minimum Gasteiger partial charge on any atom is -0.468 e. The molecule has 3 rings (SSSR count). The molecule has 7 nitrogen and oxygen atoms in total. The lowest BCUT2D eigenvalue weighted by Gasteiger charge is -2.15. The molecule has 0 saturated carbocycles. The van der Waals surface area contributed by atoms with Gasteiger partial charge in [0.2, 0.25) is 6.23 Å². The van der Waals surface area contributed by atoms with Crippen LogP contribution in [0.1, 0.15) is 21.1 Å². The van der Waals surface area contributed by atoms with Crippen LogP contribution in [0.3, 0.4) is 0 Å². The monoisotopic (exact) mass is 497 g/mol. The van der Waals surface area contributed by atoms with Gasteiger partial charge in [-0.25, -0.2) is 9.37 Å². The van der Waals surface area contributed by atoms with Crippen molar-refractivity contribution in [1.82, 2.24) is 15.6 Å². The van der Waals surface area contributed by atoms with Crippen molar-refractivity contribution in [3.05, 3.63) is 76.0 Å². The number of nitrogens with zero attached hydrogens (tertiary/aromatic N) is 1. The molecule has 1 aromatic heterocycles. The number of aromatic nitrogens is 1. The van der Waals surface area contributed by atoms with Crippen LogP contribution in [0, 0.1) is 5.82 Å². The van der Waals surface area contributed by atoms with Crippen molar-refractivity contribution < 1.29 is 36.6 Å². The second-order valence-corrected chi connectivity index (χ2v) is 7.74. The number of carbonyl (C=O) groups excluding carboxylic acids is 2. The highest BCUT2D eigenvalue weighted by atomic mass is 32.1. The Morgan fingerprint density at radius 1 is 1.12 bits per heavy atom. The average molecular weight is 497 g/mol. The number of halogens is 4. The van der Waals surface area contributed by atoms with Crippen LogP contribution in [0.5, 0.6) is 11.5 Å².